The SMILES string of the molecule is CCc1cc(Cl)c(O)c(CC2CCCN2)c1. The lowest BCUT2D eigenvalue weighted by Crippen LogP contribution is -2.23. The van der Waals surface area contributed by atoms with Crippen molar-refractivity contribution in [1.82, 2.24) is 5.32 Å². The minimum absolute atomic E-state index is 0.257. The van der Waals surface area contributed by atoms with Gasteiger partial charge in [0.25, 0.3) is 0 Å². The van der Waals surface area contributed by atoms with E-state index in [-0.39, 0.29) is 5.75 Å². The fourth-order valence-corrected chi connectivity index (χ4v) is 2.54. The lowest BCUT2D eigenvalue weighted by Gasteiger charge is -2.13. The second kappa shape index (κ2) is 5.07. The summed E-state index contributed by atoms with van der Waals surface area (Å²) in [6.07, 6.45) is 4.24. The zero-order valence-electron chi connectivity index (χ0n) is 9.59. The molecule has 88 valence electrons. The average Bonchev–Trinajstić information content (AvgIpc) is 2.77. The molecule has 1 aromatic carbocycles. The summed E-state index contributed by atoms with van der Waals surface area (Å²) in [7, 11) is 0. The van der Waals surface area contributed by atoms with Crippen LogP contribution in [0.25, 0.3) is 0 Å². The number of aromatic hydroxyl groups is 1. The number of aryl methyl sites for hydroxylation is 1. The van der Waals surface area contributed by atoms with E-state index in [0.717, 1.165) is 24.9 Å². The van der Waals surface area contributed by atoms with Crippen LogP contribution < -0.4 is 5.32 Å². The van der Waals surface area contributed by atoms with Gasteiger partial charge in [-0.1, -0.05) is 24.6 Å². The molecule has 1 heterocycles. The third-order valence-corrected chi connectivity index (χ3v) is 3.53. The molecule has 1 saturated heterocycles. The third kappa shape index (κ3) is 2.50. The molecule has 1 unspecified atom stereocenters. The van der Waals surface area contributed by atoms with Crippen LogP contribution in [0, 0.1) is 0 Å². The number of nitrogens with one attached hydrogen (secondary N) is 1. The maximum absolute atomic E-state index is 9.92. The molecule has 2 N–H and O–H groups in total. The van der Waals surface area contributed by atoms with Crippen LogP contribution in [0.1, 0.15) is 30.9 Å². The molecule has 3 heteroatoms. The van der Waals surface area contributed by atoms with Crippen LogP contribution in [-0.4, -0.2) is 17.7 Å². The highest BCUT2D eigenvalue weighted by Crippen LogP contribution is 2.31. The number of phenolic OH excluding ortho intramolecular Hbond substituents is 1. The number of rotatable bonds is 3. The van der Waals surface area contributed by atoms with Gasteiger partial charge in [-0.2, -0.15) is 0 Å². The number of phenols is 1. The van der Waals surface area contributed by atoms with E-state index in [0.29, 0.717) is 11.1 Å². The van der Waals surface area contributed by atoms with Gasteiger partial charge in [-0.15, -0.1) is 0 Å². The van der Waals surface area contributed by atoms with Crippen LogP contribution in [0.15, 0.2) is 12.1 Å². The van der Waals surface area contributed by atoms with E-state index in [4.69, 9.17) is 11.6 Å². The smallest absolute Gasteiger partial charge is 0.137 e. The van der Waals surface area contributed by atoms with Gasteiger partial charge in [0.1, 0.15) is 5.75 Å². The fraction of sp³-hybridized carbons (Fsp3) is 0.538. The van der Waals surface area contributed by atoms with Gasteiger partial charge in [0.05, 0.1) is 5.02 Å². The molecule has 0 amide bonds. The lowest BCUT2D eigenvalue weighted by molar-refractivity contribution is 0.462. The molecule has 0 spiro atoms. The molecule has 1 aliphatic rings. The molecule has 1 fully saturated rings. The molecule has 1 aromatic rings. The Morgan fingerprint density at radius 2 is 2.31 bits per heavy atom. The minimum atomic E-state index is 0.257. The summed E-state index contributed by atoms with van der Waals surface area (Å²) in [6.45, 7) is 3.19. The Morgan fingerprint density at radius 3 is 2.94 bits per heavy atom. The first-order valence-electron chi connectivity index (χ1n) is 5.94. The first-order chi connectivity index (χ1) is 7.70. The summed E-state index contributed by atoms with van der Waals surface area (Å²) in [5.74, 6) is 0.257. The van der Waals surface area contributed by atoms with Gasteiger partial charge in [-0.05, 0) is 49.4 Å². The van der Waals surface area contributed by atoms with Crippen LogP contribution in [0.3, 0.4) is 0 Å². The molecule has 0 bridgehead atoms. The van der Waals surface area contributed by atoms with Gasteiger partial charge in [0.15, 0.2) is 0 Å². The van der Waals surface area contributed by atoms with Gasteiger partial charge in [0.2, 0.25) is 0 Å². The van der Waals surface area contributed by atoms with E-state index in [1.165, 1.54) is 18.4 Å². The standard InChI is InChI=1S/C13H18ClNO/c1-2-9-6-10(13(16)12(14)7-9)8-11-4-3-5-15-11/h6-7,11,15-16H,2-5,8H2,1H3. The topological polar surface area (TPSA) is 32.3 Å². The largest absolute Gasteiger partial charge is 0.506 e. The zero-order valence-corrected chi connectivity index (χ0v) is 10.3. The predicted molar refractivity (Wildman–Crippen MR) is 67.2 cm³/mol. The van der Waals surface area contributed by atoms with Crippen molar-refractivity contribution in [2.24, 2.45) is 0 Å². The van der Waals surface area contributed by atoms with Crippen molar-refractivity contribution in [3.63, 3.8) is 0 Å². The molecule has 0 saturated carbocycles. The van der Waals surface area contributed by atoms with E-state index in [9.17, 15) is 5.11 Å². The summed E-state index contributed by atoms with van der Waals surface area (Å²) in [5, 5.41) is 13.8. The Kier molecular flexibility index (Phi) is 3.72. The number of hydrogen-bond donors (Lipinski definition) is 2. The highest BCUT2D eigenvalue weighted by atomic mass is 35.5. The molecular weight excluding hydrogens is 222 g/mol. The first kappa shape index (κ1) is 11.7. The monoisotopic (exact) mass is 239 g/mol. The second-order valence-corrected chi connectivity index (χ2v) is 4.84. The van der Waals surface area contributed by atoms with Crippen LogP contribution in [-0.2, 0) is 12.8 Å². The summed E-state index contributed by atoms with van der Waals surface area (Å²) >= 11 is 6.01. The van der Waals surface area contributed by atoms with Gasteiger partial charge in [0, 0.05) is 6.04 Å². The zero-order chi connectivity index (χ0) is 11.5. The Bertz CT molecular complexity index is 372. The van der Waals surface area contributed by atoms with E-state index in [1.807, 2.05) is 6.07 Å². The summed E-state index contributed by atoms with van der Waals surface area (Å²) in [6, 6.07) is 4.41. The molecule has 2 nitrogen and oxygen atoms in total. The maximum Gasteiger partial charge on any atom is 0.137 e. The highest BCUT2D eigenvalue weighted by molar-refractivity contribution is 6.32. The Balaban J connectivity index is 2.20. The van der Waals surface area contributed by atoms with Crippen LogP contribution in [0.4, 0.5) is 0 Å². The maximum atomic E-state index is 9.92. The van der Waals surface area contributed by atoms with Crippen molar-refractivity contribution in [3.8, 4) is 5.75 Å². The van der Waals surface area contributed by atoms with Crippen molar-refractivity contribution < 1.29 is 5.11 Å². The van der Waals surface area contributed by atoms with Gasteiger partial charge >= 0.3 is 0 Å². The minimum Gasteiger partial charge on any atom is -0.506 e. The Morgan fingerprint density at radius 1 is 1.50 bits per heavy atom. The fourth-order valence-electron chi connectivity index (χ4n) is 2.27. The first-order valence-corrected chi connectivity index (χ1v) is 6.32. The Labute approximate surface area is 102 Å². The molecule has 2 rings (SSSR count). The highest BCUT2D eigenvalue weighted by Gasteiger charge is 2.17. The second-order valence-electron chi connectivity index (χ2n) is 4.44. The van der Waals surface area contributed by atoms with Gasteiger partial charge in [-0.25, -0.2) is 0 Å². The molecule has 0 aliphatic carbocycles. The van der Waals surface area contributed by atoms with E-state index in [2.05, 4.69) is 18.3 Å². The number of benzene rings is 1. The van der Waals surface area contributed by atoms with Gasteiger partial charge < -0.3 is 10.4 Å². The number of halogens is 1. The van der Waals surface area contributed by atoms with Crippen LogP contribution in [0.5, 0.6) is 5.75 Å². The number of hydrogen-bond acceptors (Lipinski definition) is 2. The van der Waals surface area contributed by atoms with Crippen molar-refractivity contribution in [1.29, 1.82) is 0 Å². The van der Waals surface area contributed by atoms with Crippen molar-refractivity contribution >= 4 is 11.6 Å². The molecule has 1 atom stereocenters. The Hall–Kier alpha value is -0.730. The molecule has 1 aliphatic heterocycles. The molecular formula is C13H18ClNO. The third-order valence-electron chi connectivity index (χ3n) is 3.24. The molecule has 0 aromatic heterocycles. The van der Waals surface area contributed by atoms with E-state index < -0.39 is 0 Å². The average molecular weight is 240 g/mol. The molecule has 16 heavy (non-hydrogen) atoms. The summed E-state index contributed by atoms with van der Waals surface area (Å²) < 4.78 is 0. The van der Waals surface area contributed by atoms with Crippen molar-refractivity contribution in [3.05, 3.63) is 28.3 Å². The van der Waals surface area contributed by atoms with Gasteiger partial charge in [-0.3, -0.25) is 0 Å². The molecule has 0 radical (unpaired) electrons. The van der Waals surface area contributed by atoms with E-state index >= 15 is 0 Å². The summed E-state index contributed by atoms with van der Waals surface area (Å²) in [5.41, 5.74) is 2.17. The normalized spacial score (nSPS) is 20.2. The summed E-state index contributed by atoms with van der Waals surface area (Å²) in [4.78, 5) is 0. The van der Waals surface area contributed by atoms with Crippen LogP contribution >= 0.6 is 11.6 Å². The van der Waals surface area contributed by atoms with Crippen molar-refractivity contribution in [2.45, 2.75) is 38.6 Å². The quantitative estimate of drug-likeness (QED) is 0.850. The predicted octanol–water partition coefficient (Wildman–Crippen LogP) is 2.90. The van der Waals surface area contributed by atoms with E-state index in [1.54, 1.807) is 0 Å². The van der Waals surface area contributed by atoms with Crippen molar-refractivity contribution in [2.75, 3.05) is 6.54 Å². The lowest BCUT2D eigenvalue weighted by atomic mass is 10.0. The van der Waals surface area contributed by atoms with Crippen LogP contribution in [0.2, 0.25) is 5.02 Å².